The lowest BCUT2D eigenvalue weighted by atomic mass is 9.82. The average molecular weight is 378 g/mol. The van der Waals surface area contributed by atoms with Crippen LogP contribution in [0.4, 0.5) is 13.2 Å². The molecule has 0 unspecified atom stereocenters. The zero-order valence-electron chi connectivity index (χ0n) is 13.4. The van der Waals surface area contributed by atoms with E-state index in [1.54, 1.807) is 5.32 Å². The molecule has 0 aromatic heterocycles. The van der Waals surface area contributed by atoms with Gasteiger partial charge < -0.3 is 25.2 Å². The van der Waals surface area contributed by atoms with Gasteiger partial charge in [0.25, 0.3) is 5.72 Å². The number of aliphatic hydroxyl groups is 1. The van der Waals surface area contributed by atoms with E-state index in [-0.39, 0.29) is 6.61 Å². The third kappa shape index (κ3) is 3.64. The first-order valence-electron chi connectivity index (χ1n) is 7.32. The first-order chi connectivity index (χ1) is 11.6. The first-order valence-corrected chi connectivity index (χ1v) is 7.73. The molecule has 1 heterocycles. The molecule has 3 atom stereocenters. The molecule has 1 aromatic carbocycles. The van der Waals surface area contributed by atoms with Crippen LogP contribution in [0.2, 0.25) is 0 Å². The highest BCUT2D eigenvalue weighted by Gasteiger charge is 2.66. The molecular formula is C15H17F3N2O4S. The van der Waals surface area contributed by atoms with E-state index in [9.17, 15) is 23.1 Å². The first kappa shape index (κ1) is 19.3. The van der Waals surface area contributed by atoms with Gasteiger partial charge in [0.2, 0.25) is 0 Å². The van der Waals surface area contributed by atoms with Crippen LogP contribution in [0.15, 0.2) is 24.3 Å². The molecule has 2 rings (SSSR count). The Kier molecular flexibility index (Phi) is 5.43. The molecular weight excluding hydrogens is 361 g/mol. The van der Waals surface area contributed by atoms with Gasteiger partial charge in [0.1, 0.15) is 11.7 Å². The largest absolute Gasteiger partial charge is 0.497 e. The number of methoxy groups -OCH3 is 1. The number of carbonyl (C=O) groups excluding carboxylic acids is 1. The molecule has 0 radical (unpaired) electrons. The summed E-state index contributed by atoms with van der Waals surface area (Å²) in [4.78, 5) is 12.2. The SMILES string of the molecule is CCOC(=O)[C@H]1[C@H](c2ccc(OC)cc2)NC(=S)N[C@]1(O)C(F)(F)F. The number of esters is 1. The molecule has 1 aromatic rings. The summed E-state index contributed by atoms with van der Waals surface area (Å²) in [6, 6.07) is 4.76. The Hall–Kier alpha value is -2.07. The van der Waals surface area contributed by atoms with Crippen LogP contribution in [0.25, 0.3) is 0 Å². The van der Waals surface area contributed by atoms with Crippen molar-refractivity contribution in [3.63, 3.8) is 0 Å². The number of carbonyl (C=O) groups is 1. The maximum atomic E-state index is 13.5. The van der Waals surface area contributed by atoms with Gasteiger partial charge in [0.05, 0.1) is 19.8 Å². The fourth-order valence-electron chi connectivity index (χ4n) is 2.63. The Morgan fingerprint density at radius 3 is 2.44 bits per heavy atom. The fraction of sp³-hybridized carbons (Fsp3) is 0.467. The minimum Gasteiger partial charge on any atom is -0.497 e. The van der Waals surface area contributed by atoms with Gasteiger partial charge in [-0.1, -0.05) is 12.1 Å². The molecule has 0 spiro atoms. The monoisotopic (exact) mass is 378 g/mol. The Bertz CT molecular complexity index is 653. The topological polar surface area (TPSA) is 79.8 Å². The molecule has 0 aliphatic carbocycles. The van der Waals surface area contributed by atoms with Crippen LogP contribution in [0.3, 0.4) is 0 Å². The van der Waals surface area contributed by atoms with E-state index in [0.29, 0.717) is 11.3 Å². The van der Waals surface area contributed by atoms with Crippen molar-refractivity contribution in [2.75, 3.05) is 13.7 Å². The number of hydrogen-bond donors (Lipinski definition) is 3. The van der Waals surface area contributed by atoms with Crippen molar-refractivity contribution in [3.05, 3.63) is 29.8 Å². The second-order valence-corrected chi connectivity index (χ2v) is 5.75. The zero-order chi connectivity index (χ0) is 18.8. The molecule has 0 saturated carbocycles. The van der Waals surface area contributed by atoms with Crippen molar-refractivity contribution in [2.24, 2.45) is 5.92 Å². The lowest BCUT2D eigenvalue weighted by molar-refractivity contribution is -0.292. The van der Waals surface area contributed by atoms with Gasteiger partial charge >= 0.3 is 12.1 Å². The second kappa shape index (κ2) is 7.04. The molecule has 0 amide bonds. The average Bonchev–Trinajstić information content (AvgIpc) is 2.53. The molecule has 3 N–H and O–H groups in total. The molecule has 138 valence electrons. The quantitative estimate of drug-likeness (QED) is 0.543. The van der Waals surface area contributed by atoms with E-state index in [0.717, 1.165) is 0 Å². The summed E-state index contributed by atoms with van der Waals surface area (Å²) in [6.45, 7) is 1.32. The van der Waals surface area contributed by atoms with Gasteiger partial charge in [-0.2, -0.15) is 13.2 Å². The van der Waals surface area contributed by atoms with E-state index in [1.807, 2.05) is 0 Å². The zero-order valence-corrected chi connectivity index (χ0v) is 14.2. The summed E-state index contributed by atoms with van der Waals surface area (Å²) < 4.78 is 50.4. The Labute approximate surface area is 147 Å². The highest BCUT2D eigenvalue weighted by Crippen LogP contribution is 2.43. The summed E-state index contributed by atoms with van der Waals surface area (Å²) in [6.07, 6.45) is -5.17. The van der Waals surface area contributed by atoms with Crippen molar-refractivity contribution < 1.29 is 32.5 Å². The summed E-state index contributed by atoms with van der Waals surface area (Å²) in [7, 11) is 1.44. The Balaban J connectivity index is 2.53. The number of benzene rings is 1. The molecule has 25 heavy (non-hydrogen) atoms. The summed E-state index contributed by atoms with van der Waals surface area (Å²) in [5.41, 5.74) is -3.25. The minimum absolute atomic E-state index is 0.136. The van der Waals surface area contributed by atoms with Crippen LogP contribution in [-0.2, 0) is 9.53 Å². The summed E-state index contributed by atoms with van der Waals surface area (Å²) in [5, 5.41) is 14.2. The smallest absolute Gasteiger partial charge is 0.437 e. The van der Waals surface area contributed by atoms with Gasteiger partial charge in [-0.25, -0.2) is 0 Å². The maximum absolute atomic E-state index is 13.5. The van der Waals surface area contributed by atoms with Crippen LogP contribution in [0, 0.1) is 5.92 Å². The predicted molar refractivity (Wildman–Crippen MR) is 85.7 cm³/mol. The number of halogens is 3. The van der Waals surface area contributed by atoms with Crippen molar-refractivity contribution in [3.8, 4) is 5.75 Å². The van der Waals surface area contributed by atoms with Crippen LogP contribution < -0.4 is 15.4 Å². The number of ether oxygens (including phenoxy) is 2. The Morgan fingerprint density at radius 2 is 1.96 bits per heavy atom. The summed E-state index contributed by atoms with van der Waals surface area (Å²) >= 11 is 4.79. The minimum atomic E-state index is -5.17. The molecule has 6 nitrogen and oxygen atoms in total. The van der Waals surface area contributed by atoms with E-state index in [4.69, 9.17) is 21.7 Å². The van der Waals surface area contributed by atoms with Gasteiger partial charge in [0.15, 0.2) is 5.11 Å². The van der Waals surface area contributed by atoms with Crippen LogP contribution in [0.5, 0.6) is 5.75 Å². The standard InChI is InChI=1S/C15H17F3N2O4S/c1-3-24-12(21)10-11(8-4-6-9(23-2)7-5-8)19-13(25)20-14(10,22)15(16,17)18/h4-7,10-11,22H,3H2,1-2H3,(H2,19,20,25)/t10-,11+,14-/m1/s1. The highest BCUT2D eigenvalue weighted by atomic mass is 32.1. The van der Waals surface area contributed by atoms with Crippen molar-refractivity contribution in [1.29, 1.82) is 0 Å². The van der Waals surface area contributed by atoms with Crippen LogP contribution in [-0.4, -0.2) is 41.8 Å². The molecule has 0 bridgehead atoms. The molecule has 1 fully saturated rings. The van der Waals surface area contributed by atoms with Gasteiger partial charge in [-0.05, 0) is 36.8 Å². The number of alkyl halides is 3. The Morgan fingerprint density at radius 1 is 1.36 bits per heavy atom. The predicted octanol–water partition coefficient (Wildman–Crippen LogP) is 1.64. The fourth-order valence-corrected chi connectivity index (χ4v) is 2.91. The van der Waals surface area contributed by atoms with Gasteiger partial charge in [-0.3, -0.25) is 4.79 Å². The number of rotatable bonds is 4. The molecule has 1 aliphatic heterocycles. The lowest BCUT2D eigenvalue weighted by Crippen LogP contribution is -2.73. The number of nitrogens with one attached hydrogen (secondary N) is 2. The highest BCUT2D eigenvalue weighted by molar-refractivity contribution is 7.80. The third-order valence-electron chi connectivity index (χ3n) is 3.82. The number of thiocarbonyl (C=S) groups is 1. The third-order valence-corrected chi connectivity index (χ3v) is 4.04. The van der Waals surface area contributed by atoms with Crippen LogP contribution in [0.1, 0.15) is 18.5 Å². The van der Waals surface area contributed by atoms with E-state index < -0.39 is 34.9 Å². The van der Waals surface area contributed by atoms with Crippen molar-refractivity contribution in [1.82, 2.24) is 10.6 Å². The van der Waals surface area contributed by atoms with Gasteiger partial charge in [-0.15, -0.1) is 0 Å². The number of hydrogen-bond acceptors (Lipinski definition) is 5. The normalized spacial score (nSPS) is 26.4. The van der Waals surface area contributed by atoms with E-state index >= 15 is 0 Å². The summed E-state index contributed by atoms with van der Waals surface area (Å²) in [5.74, 6) is -2.72. The van der Waals surface area contributed by atoms with Crippen LogP contribution >= 0.6 is 12.2 Å². The lowest BCUT2D eigenvalue weighted by Gasteiger charge is -2.45. The van der Waals surface area contributed by atoms with E-state index in [1.165, 1.54) is 38.3 Å². The molecule has 1 aliphatic rings. The maximum Gasteiger partial charge on any atom is 0.437 e. The van der Waals surface area contributed by atoms with E-state index in [2.05, 4.69) is 5.32 Å². The molecule has 10 heteroatoms. The van der Waals surface area contributed by atoms with Gasteiger partial charge in [0, 0.05) is 0 Å². The molecule has 1 saturated heterocycles. The van der Waals surface area contributed by atoms with Crippen molar-refractivity contribution >= 4 is 23.3 Å². The second-order valence-electron chi connectivity index (χ2n) is 5.34. The van der Waals surface area contributed by atoms with Crippen molar-refractivity contribution in [2.45, 2.75) is 24.9 Å².